The fourth-order valence-corrected chi connectivity index (χ4v) is 4.64. The quantitative estimate of drug-likeness (QED) is 0.543. The average molecular weight is 443 g/mol. The van der Waals surface area contributed by atoms with Crippen LogP contribution in [0.15, 0.2) is 36.5 Å². The summed E-state index contributed by atoms with van der Waals surface area (Å²) in [5.41, 5.74) is 2.57. The molecule has 4 rings (SSSR count). The summed E-state index contributed by atoms with van der Waals surface area (Å²) in [5, 5.41) is 8.49. The summed E-state index contributed by atoms with van der Waals surface area (Å²) in [7, 11) is 2.16. The molecule has 3 heterocycles. The minimum atomic E-state index is 0.328. The molecule has 1 saturated heterocycles. The van der Waals surface area contributed by atoms with Gasteiger partial charge in [0.25, 0.3) is 0 Å². The van der Waals surface area contributed by atoms with Crippen LogP contribution in [0.4, 0.5) is 11.1 Å². The number of nitrogens with zero attached hydrogens (tertiary/aromatic N) is 4. The van der Waals surface area contributed by atoms with E-state index >= 15 is 0 Å². The molecule has 1 aliphatic rings. The molecule has 0 radical (unpaired) electrons. The minimum absolute atomic E-state index is 0.328. The van der Waals surface area contributed by atoms with Gasteiger partial charge in [-0.15, -0.1) is 0 Å². The average Bonchev–Trinajstić information content (AvgIpc) is 3.18. The Balaban J connectivity index is 1.69. The lowest BCUT2D eigenvalue weighted by atomic mass is 10.1. The van der Waals surface area contributed by atoms with Crippen LogP contribution >= 0.6 is 22.9 Å². The van der Waals surface area contributed by atoms with E-state index in [-0.39, 0.29) is 0 Å². The number of piperidine rings is 1. The molecule has 0 aliphatic carbocycles. The molecule has 8 heteroatoms. The van der Waals surface area contributed by atoms with Crippen LogP contribution in [0, 0.1) is 0 Å². The normalized spacial score (nSPS) is 15.5. The molecule has 1 aromatic carbocycles. The maximum atomic E-state index is 6.47. The summed E-state index contributed by atoms with van der Waals surface area (Å²) >= 11 is 8.07. The molecule has 30 heavy (non-hydrogen) atoms. The van der Waals surface area contributed by atoms with Crippen LogP contribution in [-0.2, 0) is 0 Å². The Morgan fingerprint density at radius 2 is 1.87 bits per heavy atom. The lowest BCUT2D eigenvalue weighted by Gasteiger charge is -2.29. The van der Waals surface area contributed by atoms with Gasteiger partial charge in [0.05, 0.1) is 16.3 Å². The van der Waals surface area contributed by atoms with Crippen molar-refractivity contribution >= 4 is 34.0 Å². The highest BCUT2D eigenvalue weighted by Gasteiger charge is 2.19. The molecule has 6 nitrogen and oxygen atoms in total. The van der Waals surface area contributed by atoms with Crippen molar-refractivity contribution in [3.05, 3.63) is 41.6 Å². The second kappa shape index (κ2) is 9.29. The lowest BCUT2D eigenvalue weighted by molar-refractivity contribution is 0.263. The molecule has 158 valence electrons. The van der Waals surface area contributed by atoms with E-state index in [9.17, 15) is 0 Å². The summed E-state index contributed by atoms with van der Waals surface area (Å²) in [6, 6.07) is 10.5. The van der Waals surface area contributed by atoms with Crippen molar-refractivity contribution < 1.29 is 0 Å². The number of hydrogen-bond donors (Lipinski definition) is 2. The molecule has 0 spiro atoms. The van der Waals surface area contributed by atoms with Crippen molar-refractivity contribution in [1.82, 2.24) is 19.9 Å². The highest BCUT2D eigenvalue weighted by Crippen LogP contribution is 2.33. The molecule has 2 aromatic heterocycles. The summed E-state index contributed by atoms with van der Waals surface area (Å²) in [4.78, 5) is 17.5. The number of benzene rings is 1. The van der Waals surface area contributed by atoms with Crippen molar-refractivity contribution in [2.45, 2.75) is 38.8 Å². The molecule has 1 fully saturated rings. The zero-order valence-corrected chi connectivity index (χ0v) is 19.1. The summed E-state index contributed by atoms with van der Waals surface area (Å²) in [5.74, 6) is 0.642. The second-order valence-corrected chi connectivity index (χ2v) is 9.43. The third-order valence-electron chi connectivity index (χ3n) is 5.10. The van der Waals surface area contributed by atoms with Gasteiger partial charge >= 0.3 is 0 Å². The SMILES string of the molecule is CC(C)Nc1ncc(-c2cc(-c3ccccc3Cl)nc(NC3CCN(C)CC3)n2)s1. The van der Waals surface area contributed by atoms with Gasteiger partial charge in [0.2, 0.25) is 5.95 Å². The van der Waals surface area contributed by atoms with E-state index in [0.717, 1.165) is 52.9 Å². The van der Waals surface area contributed by atoms with E-state index in [2.05, 4.69) is 41.4 Å². The Kier molecular flexibility index (Phi) is 6.51. The van der Waals surface area contributed by atoms with E-state index in [1.165, 1.54) is 0 Å². The van der Waals surface area contributed by atoms with Gasteiger partial charge < -0.3 is 15.5 Å². The van der Waals surface area contributed by atoms with Gasteiger partial charge in [-0.1, -0.05) is 41.1 Å². The van der Waals surface area contributed by atoms with Crippen LogP contribution in [0.3, 0.4) is 0 Å². The molecule has 0 unspecified atom stereocenters. The topological polar surface area (TPSA) is 66.0 Å². The molecule has 0 saturated carbocycles. The maximum absolute atomic E-state index is 6.47. The number of likely N-dealkylation sites (tertiary alicyclic amines) is 1. The Morgan fingerprint density at radius 1 is 1.13 bits per heavy atom. The number of halogens is 1. The number of rotatable bonds is 6. The van der Waals surface area contributed by atoms with E-state index < -0.39 is 0 Å². The number of thiazole rings is 1. The first kappa shape index (κ1) is 21.0. The molecule has 0 atom stereocenters. The summed E-state index contributed by atoms with van der Waals surface area (Å²) < 4.78 is 0. The van der Waals surface area contributed by atoms with E-state index in [4.69, 9.17) is 21.6 Å². The monoisotopic (exact) mass is 442 g/mol. The molecule has 0 bridgehead atoms. The summed E-state index contributed by atoms with van der Waals surface area (Å²) in [6.45, 7) is 6.36. The third-order valence-corrected chi connectivity index (χ3v) is 6.38. The van der Waals surface area contributed by atoms with Crippen LogP contribution in [0.1, 0.15) is 26.7 Å². The largest absolute Gasteiger partial charge is 0.359 e. The molecular weight excluding hydrogens is 416 g/mol. The van der Waals surface area contributed by atoms with Gasteiger partial charge in [0.15, 0.2) is 5.13 Å². The first-order valence-corrected chi connectivity index (χ1v) is 11.5. The van der Waals surface area contributed by atoms with Crippen molar-refractivity contribution in [2.75, 3.05) is 30.8 Å². The van der Waals surface area contributed by atoms with Crippen molar-refractivity contribution in [3.8, 4) is 21.8 Å². The summed E-state index contributed by atoms with van der Waals surface area (Å²) in [6.07, 6.45) is 4.02. The van der Waals surface area contributed by atoms with Gasteiger partial charge in [0, 0.05) is 28.9 Å². The maximum Gasteiger partial charge on any atom is 0.224 e. The van der Waals surface area contributed by atoms with E-state index in [1.54, 1.807) is 11.3 Å². The minimum Gasteiger partial charge on any atom is -0.359 e. The van der Waals surface area contributed by atoms with Gasteiger partial charge in [-0.25, -0.2) is 15.0 Å². The predicted molar refractivity (Wildman–Crippen MR) is 126 cm³/mol. The standard InChI is InChI=1S/C22H27ClN6S/c1-14(2)25-22-24-13-20(30-22)19-12-18(16-6-4-5-7-17(16)23)27-21(28-19)26-15-8-10-29(3)11-9-15/h4-7,12-15H,8-11H2,1-3H3,(H,24,25)(H,26,27,28). The van der Waals surface area contributed by atoms with Crippen LogP contribution < -0.4 is 10.6 Å². The fraction of sp³-hybridized carbons (Fsp3) is 0.409. The third kappa shape index (κ3) is 5.09. The van der Waals surface area contributed by atoms with Gasteiger partial charge in [-0.2, -0.15) is 0 Å². The highest BCUT2D eigenvalue weighted by atomic mass is 35.5. The molecule has 0 amide bonds. The number of nitrogens with one attached hydrogen (secondary N) is 2. The lowest BCUT2D eigenvalue weighted by Crippen LogP contribution is -2.37. The van der Waals surface area contributed by atoms with Crippen molar-refractivity contribution in [2.24, 2.45) is 0 Å². The van der Waals surface area contributed by atoms with Gasteiger partial charge in [0.1, 0.15) is 0 Å². The number of anilines is 2. The molecule has 3 aromatic rings. The zero-order valence-electron chi connectivity index (χ0n) is 17.5. The first-order chi connectivity index (χ1) is 14.5. The number of hydrogen-bond acceptors (Lipinski definition) is 7. The molecule has 1 aliphatic heterocycles. The van der Waals surface area contributed by atoms with Gasteiger partial charge in [-0.05, 0) is 59.0 Å². The highest BCUT2D eigenvalue weighted by molar-refractivity contribution is 7.18. The van der Waals surface area contributed by atoms with Crippen LogP contribution in [-0.4, -0.2) is 52.1 Å². The van der Waals surface area contributed by atoms with E-state index in [1.807, 2.05) is 36.5 Å². The van der Waals surface area contributed by atoms with Crippen LogP contribution in [0.5, 0.6) is 0 Å². The molecule has 2 N–H and O–H groups in total. The zero-order chi connectivity index (χ0) is 21.1. The van der Waals surface area contributed by atoms with Gasteiger partial charge in [-0.3, -0.25) is 0 Å². The second-order valence-electron chi connectivity index (χ2n) is 7.99. The Labute approximate surface area is 186 Å². The predicted octanol–water partition coefficient (Wildman–Crippen LogP) is 5.25. The Bertz CT molecular complexity index is 997. The first-order valence-electron chi connectivity index (χ1n) is 10.3. The molecular formula is C22H27ClN6S. The Morgan fingerprint density at radius 3 is 2.60 bits per heavy atom. The Hall–Kier alpha value is -2.22. The fourth-order valence-electron chi connectivity index (χ4n) is 3.49. The van der Waals surface area contributed by atoms with E-state index in [0.29, 0.717) is 23.1 Å². The van der Waals surface area contributed by atoms with Crippen molar-refractivity contribution in [3.63, 3.8) is 0 Å². The van der Waals surface area contributed by atoms with Crippen LogP contribution in [0.25, 0.3) is 21.8 Å². The smallest absolute Gasteiger partial charge is 0.224 e. The van der Waals surface area contributed by atoms with Crippen LogP contribution in [0.2, 0.25) is 5.02 Å². The number of aromatic nitrogens is 3. The van der Waals surface area contributed by atoms with Crippen molar-refractivity contribution in [1.29, 1.82) is 0 Å².